The van der Waals surface area contributed by atoms with Crippen LogP contribution >= 0.6 is 12.4 Å². The van der Waals surface area contributed by atoms with Gasteiger partial charge in [0.25, 0.3) is 0 Å². The lowest BCUT2D eigenvalue weighted by Gasteiger charge is -2.29. The molecule has 1 aromatic heterocycles. The van der Waals surface area contributed by atoms with Crippen LogP contribution in [-0.4, -0.2) is 22.6 Å². The fourth-order valence-electron chi connectivity index (χ4n) is 2.25. The summed E-state index contributed by atoms with van der Waals surface area (Å²) in [6, 6.07) is 8.46. The van der Waals surface area contributed by atoms with Crippen molar-refractivity contribution in [2.24, 2.45) is 0 Å². The van der Waals surface area contributed by atoms with Crippen LogP contribution in [0.4, 0.5) is 13.2 Å². The molecule has 0 bridgehead atoms. The Hall–Kier alpha value is -2.04. The van der Waals surface area contributed by atoms with Gasteiger partial charge >= 0.3 is 6.18 Å². The van der Waals surface area contributed by atoms with Gasteiger partial charge in [-0.3, -0.25) is 0 Å². The number of nitrogens with zero attached hydrogens (tertiary/aromatic N) is 3. The molecule has 1 aromatic carbocycles. The van der Waals surface area contributed by atoms with Crippen molar-refractivity contribution in [3.63, 3.8) is 0 Å². The van der Waals surface area contributed by atoms with Gasteiger partial charge in [0.05, 0.1) is 17.7 Å². The molecule has 8 heteroatoms. The Kier molecular flexibility index (Phi) is 4.44. The lowest BCUT2D eigenvalue weighted by atomic mass is 10.1. The first-order chi connectivity index (χ1) is 10.0. The quantitative estimate of drug-likeness (QED) is 0.922. The van der Waals surface area contributed by atoms with E-state index in [1.165, 1.54) is 4.57 Å². The second-order valence-electron chi connectivity index (χ2n) is 4.82. The van der Waals surface area contributed by atoms with Gasteiger partial charge in [-0.15, -0.1) is 12.4 Å². The smallest absolute Gasteiger partial charge is 0.325 e. The molecular weight excluding hydrogens is 317 g/mol. The maximum absolute atomic E-state index is 12.9. The monoisotopic (exact) mass is 328 g/mol. The maximum Gasteiger partial charge on any atom is 0.434 e. The molecule has 1 saturated heterocycles. The van der Waals surface area contributed by atoms with Crippen molar-refractivity contribution in [2.45, 2.75) is 12.2 Å². The van der Waals surface area contributed by atoms with Gasteiger partial charge in [0, 0.05) is 24.8 Å². The third-order valence-electron chi connectivity index (χ3n) is 3.46. The van der Waals surface area contributed by atoms with E-state index in [1.54, 1.807) is 24.3 Å². The van der Waals surface area contributed by atoms with Crippen LogP contribution in [0.1, 0.15) is 17.3 Å². The van der Waals surface area contributed by atoms with Gasteiger partial charge in [-0.1, -0.05) is 12.1 Å². The number of imidazole rings is 1. The van der Waals surface area contributed by atoms with Crippen LogP contribution in [0.5, 0.6) is 0 Å². The first-order valence-electron chi connectivity index (χ1n) is 6.37. The lowest BCUT2D eigenvalue weighted by molar-refractivity contribution is -0.140. The van der Waals surface area contributed by atoms with Gasteiger partial charge in [-0.05, 0) is 12.1 Å². The highest BCUT2D eigenvalue weighted by Crippen LogP contribution is 2.34. The summed E-state index contributed by atoms with van der Waals surface area (Å²) < 4.78 is 40.2. The average molecular weight is 329 g/mol. The number of halogens is 4. The first kappa shape index (κ1) is 16.3. The van der Waals surface area contributed by atoms with Crippen LogP contribution in [0, 0.1) is 11.3 Å². The molecule has 0 saturated carbocycles. The van der Waals surface area contributed by atoms with E-state index in [2.05, 4.69) is 10.3 Å². The topological polar surface area (TPSA) is 53.6 Å². The number of hydrogen-bond donors (Lipinski definition) is 1. The molecule has 1 aliphatic rings. The number of rotatable bonds is 2. The summed E-state index contributed by atoms with van der Waals surface area (Å²) in [7, 11) is 0. The molecule has 1 aliphatic heterocycles. The van der Waals surface area contributed by atoms with Gasteiger partial charge in [-0.2, -0.15) is 18.4 Å². The Morgan fingerprint density at radius 3 is 2.50 bits per heavy atom. The number of alkyl halides is 3. The minimum atomic E-state index is -4.50. The molecule has 2 aromatic rings. The van der Waals surface area contributed by atoms with E-state index in [1.807, 2.05) is 6.07 Å². The number of aromatic nitrogens is 2. The van der Waals surface area contributed by atoms with E-state index in [4.69, 9.17) is 5.26 Å². The predicted molar refractivity (Wildman–Crippen MR) is 76.5 cm³/mol. The Labute approximate surface area is 131 Å². The van der Waals surface area contributed by atoms with Crippen LogP contribution < -0.4 is 5.32 Å². The maximum atomic E-state index is 12.9. The van der Waals surface area contributed by atoms with E-state index < -0.39 is 11.9 Å². The minimum Gasteiger partial charge on any atom is -0.325 e. The van der Waals surface area contributed by atoms with Gasteiger partial charge in [0.1, 0.15) is 5.82 Å². The van der Waals surface area contributed by atoms with Gasteiger partial charge in [0.15, 0.2) is 5.69 Å². The fourth-order valence-corrected chi connectivity index (χ4v) is 2.25. The fraction of sp³-hybridized carbons (Fsp3) is 0.286. The number of nitriles is 1. The highest BCUT2D eigenvalue weighted by Gasteiger charge is 2.36. The Balaban J connectivity index is 0.00000176. The third kappa shape index (κ3) is 2.80. The summed E-state index contributed by atoms with van der Waals surface area (Å²) >= 11 is 0. The molecule has 4 nitrogen and oxygen atoms in total. The zero-order chi connectivity index (χ0) is 15.0. The second-order valence-corrected chi connectivity index (χ2v) is 4.82. The molecular formula is C14H12ClF3N4. The molecule has 116 valence electrons. The molecule has 22 heavy (non-hydrogen) atoms. The zero-order valence-electron chi connectivity index (χ0n) is 11.3. The molecule has 2 heterocycles. The molecule has 0 amide bonds. The van der Waals surface area contributed by atoms with Crippen LogP contribution in [0.15, 0.2) is 30.5 Å². The number of nitrogens with one attached hydrogen (secondary N) is 1. The Morgan fingerprint density at radius 2 is 1.95 bits per heavy atom. The summed E-state index contributed by atoms with van der Waals surface area (Å²) in [6.07, 6.45) is -3.48. The van der Waals surface area contributed by atoms with Crippen molar-refractivity contribution in [3.05, 3.63) is 41.7 Å². The van der Waals surface area contributed by atoms with Crippen LogP contribution in [0.25, 0.3) is 11.4 Å². The molecule has 0 unspecified atom stereocenters. The van der Waals surface area contributed by atoms with E-state index in [0.29, 0.717) is 24.2 Å². The van der Waals surface area contributed by atoms with Crippen molar-refractivity contribution >= 4 is 12.4 Å². The lowest BCUT2D eigenvalue weighted by Crippen LogP contribution is -2.43. The summed E-state index contributed by atoms with van der Waals surface area (Å²) in [5, 5.41) is 12.1. The molecule has 3 rings (SSSR count). The first-order valence-corrected chi connectivity index (χ1v) is 6.37. The number of hydrogen-bond acceptors (Lipinski definition) is 3. The van der Waals surface area contributed by atoms with Crippen molar-refractivity contribution in [3.8, 4) is 17.5 Å². The largest absolute Gasteiger partial charge is 0.434 e. The summed E-state index contributed by atoms with van der Waals surface area (Å²) in [5.74, 6) is 0.186. The summed E-state index contributed by atoms with van der Waals surface area (Å²) in [4.78, 5) is 3.72. The molecule has 1 fully saturated rings. The standard InChI is InChI=1S/C14H11F3N4.ClH/c15-14(16,17)12-8-21(10-6-19-7-10)13(20-12)11-4-2-1-3-9(11)5-18;/h1-4,8,10,19H,6-7H2;1H. The van der Waals surface area contributed by atoms with Gasteiger partial charge in [-0.25, -0.2) is 4.98 Å². The van der Waals surface area contributed by atoms with E-state index in [0.717, 1.165) is 6.20 Å². The zero-order valence-corrected chi connectivity index (χ0v) is 12.1. The van der Waals surface area contributed by atoms with Crippen molar-refractivity contribution in [1.82, 2.24) is 14.9 Å². The molecule has 1 N–H and O–H groups in total. The normalized spacial score (nSPS) is 14.8. The molecule has 0 atom stereocenters. The SMILES string of the molecule is Cl.N#Cc1ccccc1-c1nc(C(F)(F)F)cn1C1CNC1. The molecule has 0 aliphatic carbocycles. The summed E-state index contributed by atoms with van der Waals surface area (Å²) in [6.45, 7) is 1.19. The van der Waals surface area contributed by atoms with E-state index in [-0.39, 0.29) is 24.3 Å². The van der Waals surface area contributed by atoms with Gasteiger partial charge in [0.2, 0.25) is 0 Å². The van der Waals surface area contributed by atoms with Crippen LogP contribution in [0.3, 0.4) is 0 Å². The van der Waals surface area contributed by atoms with Crippen molar-refractivity contribution < 1.29 is 13.2 Å². The minimum absolute atomic E-state index is 0. The van der Waals surface area contributed by atoms with E-state index in [9.17, 15) is 13.2 Å². The van der Waals surface area contributed by atoms with Crippen molar-refractivity contribution in [1.29, 1.82) is 5.26 Å². The summed E-state index contributed by atoms with van der Waals surface area (Å²) in [5.41, 5.74) is -0.204. The highest BCUT2D eigenvalue weighted by molar-refractivity contribution is 5.85. The predicted octanol–water partition coefficient (Wildman–Crippen LogP) is 3.01. The Bertz CT molecular complexity index is 714. The van der Waals surface area contributed by atoms with Crippen LogP contribution in [0.2, 0.25) is 0 Å². The third-order valence-corrected chi connectivity index (χ3v) is 3.46. The van der Waals surface area contributed by atoms with Gasteiger partial charge < -0.3 is 9.88 Å². The molecule has 0 radical (unpaired) electrons. The van der Waals surface area contributed by atoms with Crippen LogP contribution in [-0.2, 0) is 6.18 Å². The second kappa shape index (κ2) is 5.99. The molecule has 0 spiro atoms. The van der Waals surface area contributed by atoms with E-state index >= 15 is 0 Å². The Morgan fingerprint density at radius 1 is 1.27 bits per heavy atom. The average Bonchev–Trinajstić information content (AvgIpc) is 2.81. The number of benzene rings is 1. The van der Waals surface area contributed by atoms with Crippen molar-refractivity contribution in [2.75, 3.05) is 13.1 Å². The highest BCUT2D eigenvalue weighted by atomic mass is 35.5.